The van der Waals surface area contributed by atoms with Crippen molar-refractivity contribution in [3.63, 3.8) is 0 Å². The number of para-hydroxylation sites is 1. The van der Waals surface area contributed by atoms with Gasteiger partial charge in [-0.15, -0.1) is 0 Å². The van der Waals surface area contributed by atoms with Crippen LogP contribution in [0.2, 0.25) is 0 Å². The second kappa shape index (κ2) is 3.20. The van der Waals surface area contributed by atoms with Crippen LogP contribution in [0.1, 0.15) is 5.69 Å². The molecule has 3 aromatic rings. The van der Waals surface area contributed by atoms with E-state index in [1.54, 1.807) is 13.4 Å². The lowest BCUT2D eigenvalue weighted by Gasteiger charge is -1.97. The summed E-state index contributed by atoms with van der Waals surface area (Å²) in [4.78, 5) is 8.36. The summed E-state index contributed by atoms with van der Waals surface area (Å²) >= 11 is 0. The van der Waals surface area contributed by atoms with Crippen LogP contribution in [0.15, 0.2) is 28.9 Å². The van der Waals surface area contributed by atoms with Gasteiger partial charge in [-0.05, 0) is 19.1 Å². The first-order chi connectivity index (χ1) is 7.81. The molecule has 0 radical (unpaired) electrons. The van der Waals surface area contributed by atoms with E-state index in [0.717, 1.165) is 33.5 Å². The minimum Gasteiger partial charge on any atom is -0.493 e. The van der Waals surface area contributed by atoms with E-state index in [-0.39, 0.29) is 0 Å². The van der Waals surface area contributed by atoms with E-state index in [9.17, 15) is 0 Å². The van der Waals surface area contributed by atoms with E-state index in [4.69, 9.17) is 9.15 Å². The number of hydrogen-bond donors (Lipinski definition) is 0. The lowest BCUT2D eigenvalue weighted by molar-refractivity contribution is 0.412. The van der Waals surface area contributed by atoms with Gasteiger partial charge in [-0.1, -0.05) is 6.07 Å². The van der Waals surface area contributed by atoms with Gasteiger partial charge in [0.2, 0.25) is 0 Å². The SMILES string of the molecule is COc1cccc2c1oc1c(C)ncnc12. The van der Waals surface area contributed by atoms with Crippen molar-refractivity contribution in [1.82, 2.24) is 9.97 Å². The molecule has 0 aliphatic carbocycles. The minimum absolute atomic E-state index is 0.717. The molecular weight excluding hydrogens is 204 g/mol. The highest BCUT2D eigenvalue weighted by atomic mass is 16.5. The molecule has 0 bridgehead atoms. The number of benzene rings is 1. The molecule has 0 amide bonds. The molecule has 4 heteroatoms. The van der Waals surface area contributed by atoms with Crippen LogP contribution in [-0.4, -0.2) is 17.1 Å². The van der Waals surface area contributed by atoms with Gasteiger partial charge in [0, 0.05) is 0 Å². The molecule has 0 aliphatic rings. The van der Waals surface area contributed by atoms with Crippen molar-refractivity contribution in [2.75, 3.05) is 7.11 Å². The first-order valence-corrected chi connectivity index (χ1v) is 4.98. The van der Waals surface area contributed by atoms with Gasteiger partial charge in [-0.3, -0.25) is 0 Å². The number of aryl methyl sites for hydroxylation is 1. The molecule has 1 aromatic carbocycles. The summed E-state index contributed by atoms with van der Waals surface area (Å²) < 4.78 is 11.0. The second-order valence-electron chi connectivity index (χ2n) is 3.58. The monoisotopic (exact) mass is 214 g/mol. The summed E-state index contributed by atoms with van der Waals surface area (Å²) in [5.41, 5.74) is 3.12. The average molecular weight is 214 g/mol. The van der Waals surface area contributed by atoms with E-state index in [2.05, 4.69) is 9.97 Å². The van der Waals surface area contributed by atoms with Crippen molar-refractivity contribution >= 4 is 22.1 Å². The zero-order valence-electron chi connectivity index (χ0n) is 9.02. The van der Waals surface area contributed by atoms with Gasteiger partial charge in [0.25, 0.3) is 0 Å². The van der Waals surface area contributed by atoms with E-state index in [1.165, 1.54) is 0 Å². The highest BCUT2D eigenvalue weighted by molar-refractivity contribution is 6.04. The van der Waals surface area contributed by atoms with Gasteiger partial charge >= 0.3 is 0 Å². The van der Waals surface area contributed by atoms with Crippen LogP contribution in [0, 0.1) is 6.92 Å². The zero-order chi connectivity index (χ0) is 11.1. The summed E-state index contributed by atoms with van der Waals surface area (Å²) in [5, 5.41) is 0.958. The quantitative estimate of drug-likeness (QED) is 0.624. The number of rotatable bonds is 1. The number of fused-ring (bicyclic) bond motifs is 3. The molecule has 2 heterocycles. The van der Waals surface area contributed by atoms with E-state index in [0.29, 0.717) is 0 Å². The highest BCUT2D eigenvalue weighted by Crippen LogP contribution is 2.33. The second-order valence-corrected chi connectivity index (χ2v) is 3.58. The fraction of sp³-hybridized carbons (Fsp3) is 0.167. The Morgan fingerprint density at radius 1 is 1.19 bits per heavy atom. The maximum atomic E-state index is 5.76. The van der Waals surface area contributed by atoms with Crippen LogP contribution in [0.4, 0.5) is 0 Å². The molecule has 0 N–H and O–H groups in total. The van der Waals surface area contributed by atoms with Gasteiger partial charge < -0.3 is 9.15 Å². The normalized spacial score (nSPS) is 11.1. The number of methoxy groups -OCH3 is 1. The maximum absolute atomic E-state index is 5.76. The molecule has 4 nitrogen and oxygen atoms in total. The molecule has 0 atom stereocenters. The summed E-state index contributed by atoms with van der Waals surface area (Å²) in [6.45, 7) is 1.90. The molecule has 2 aromatic heterocycles. The largest absolute Gasteiger partial charge is 0.493 e. The molecule has 16 heavy (non-hydrogen) atoms. The van der Waals surface area contributed by atoms with Gasteiger partial charge in [0.15, 0.2) is 16.9 Å². The van der Waals surface area contributed by atoms with Crippen LogP contribution in [-0.2, 0) is 0 Å². The summed E-state index contributed by atoms with van der Waals surface area (Å²) in [6.07, 6.45) is 1.55. The first kappa shape index (κ1) is 9.15. The van der Waals surface area contributed by atoms with E-state index in [1.807, 2.05) is 25.1 Å². The Balaban J connectivity index is 2.55. The molecule has 0 saturated heterocycles. The molecule has 0 spiro atoms. The molecule has 80 valence electrons. The predicted octanol–water partition coefficient (Wildman–Crippen LogP) is 2.69. The van der Waals surface area contributed by atoms with Crippen LogP contribution < -0.4 is 4.74 Å². The van der Waals surface area contributed by atoms with Gasteiger partial charge in [-0.25, -0.2) is 9.97 Å². The fourth-order valence-electron chi connectivity index (χ4n) is 1.85. The summed E-state index contributed by atoms with van der Waals surface area (Å²) in [5.74, 6) is 0.717. The summed E-state index contributed by atoms with van der Waals surface area (Å²) in [7, 11) is 1.63. The van der Waals surface area contributed by atoms with Crippen molar-refractivity contribution in [2.45, 2.75) is 6.92 Å². The number of hydrogen-bond acceptors (Lipinski definition) is 4. The third-order valence-electron chi connectivity index (χ3n) is 2.64. The van der Waals surface area contributed by atoms with Gasteiger partial charge in [0.05, 0.1) is 18.2 Å². The summed E-state index contributed by atoms with van der Waals surface area (Å²) in [6, 6.07) is 5.76. The molecule has 0 aliphatic heterocycles. The van der Waals surface area contributed by atoms with Gasteiger partial charge in [0.1, 0.15) is 11.8 Å². The van der Waals surface area contributed by atoms with E-state index < -0.39 is 0 Å². The average Bonchev–Trinajstić information content (AvgIpc) is 2.69. The Kier molecular flexibility index (Phi) is 1.83. The minimum atomic E-state index is 0.717. The molecule has 3 rings (SSSR count). The number of furan rings is 1. The Bertz CT molecular complexity index is 673. The topological polar surface area (TPSA) is 48.2 Å². The lowest BCUT2D eigenvalue weighted by atomic mass is 10.2. The van der Waals surface area contributed by atoms with Crippen molar-refractivity contribution in [2.24, 2.45) is 0 Å². The third kappa shape index (κ3) is 1.10. The number of aromatic nitrogens is 2. The van der Waals surface area contributed by atoms with Crippen LogP contribution in [0.25, 0.3) is 22.1 Å². The molecule has 0 unspecified atom stereocenters. The Labute approximate surface area is 91.9 Å². The maximum Gasteiger partial charge on any atom is 0.179 e. The van der Waals surface area contributed by atoms with Crippen molar-refractivity contribution in [1.29, 1.82) is 0 Å². The number of nitrogens with zero attached hydrogens (tertiary/aromatic N) is 2. The van der Waals surface area contributed by atoms with Crippen molar-refractivity contribution in [3.8, 4) is 5.75 Å². The number of ether oxygens (including phenoxy) is 1. The molecular formula is C12H10N2O2. The van der Waals surface area contributed by atoms with Crippen molar-refractivity contribution in [3.05, 3.63) is 30.2 Å². The van der Waals surface area contributed by atoms with Crippen LogP contribution >= 0.6 is 0 Å². The standard InChI is InChI=1S/C12H10N2O2/c1-7-11-10(14-6-13-7)8-4-3-5-9(15-2)12(8)16-11/h3-6H,1-2H3. The van der Waals surface area contributed by atoms with Crippen molar-refractivity contribution < 1.29 is 9.15 Å². The molecule has 0 fully saturated rings. The van der Waals surface area contributed by atoms with Crippen LogP contribution in [0.5, 0.6) is 5.75 Å². The predicted molar refractivity (Wildman–Crippen MR) is 60.6 cm³/mol. The van der Waals surface area contributed by atoms with Gasteiger partial charge in [-0.2, -0.15) is 0 Å². The Morgan fingerprint density at radius 2 is 2.06 bits per heavy atom. The highest BCUT2D eigenvalue weighted by Gasteiger charge is 2.13. The smallest absolute Gasteiger partial charge is 0.179 e. The van der Waals surface area contributed by atoms with Crippen LogP contribution in [0.3, 0.4) is 0 Å². The first-order valence-electron chi connectivity index (χ1n) is 4.98. The Morgan fingerprint density at radius 3 is 2.88 bits per heavy atom. The third-order valence-corrected chi connectivity index (χ3v) is 2.64. The van der Waals surface area contributed by atoms with E-state index >= 15 is 0 Å². The lowest BCUT2D eigenvalue weighted by Crippen LogP contribution is -1.83. The Hall–Kier alpha value is -2.10. The zero-order valence-corrected chi connectivity index (χ0v) is 9.02. The molecule has 0 saturated carbocycles. The fourth-order valence-corrected chi connectivity index (χ4v) is 1.85.